The van der Waals surface area contributed by atoms with Crippen molar-refractivity contribution in [2.75, 3.05) is 12.4 Å². The Bertz CT molecular complexity index is 627. The second-order valence-electron chi connectivity index (χ2n) is 4.59. The van der Waals surface area contributed by atoms with Crippen LogP contribution in [-0.2, 0) is 6.42 Å². The van der Waals surface area contributed by atoms with E-state index in [0.717, 1.165) is 41.3 Å². The van der Waals surface area contributed by atoms with Gasteiger partial charge in [-0.25, -0.2) is 9.97 Å². The Morgan fingerprint density at radius 3 is 2.55 bits per heavy atom. The van der Waals surface area contributed by atoms with Crippen molar-refractivity contribution in [3.05, 3.63) is 39.6 Å². The summed E-state index contributed by atoms with van der Waals surface area (Å²) < 4.78 is 0. The predicted molar refractivity (Wildman–Crippen MR) is 85.8 cm³/mol. The predicted octanol–water partition coefficient (Wildman–Crippen LogP) is 4.75. The molecule has 0 radical (unpaired) electrons. The summed E-state index contributed by atoms with van der Waals surface area (Å²) in [5, 5.41) is 4.33. The van der Waals surface area contributed by atoms with Crippen LogP contribution in [0.25, 0.3) is 11.3 Å². The lowest BCUT2D eigenvalue weighted by Gasteiger charge is -2.13. The number of nitrogens with zero attached hydrogens (tertiary/aromatic N) is 2. The molecule has 20 heavy (non-hydrogen) atoms. The molecular weight excluding hydrogens is 293 g/mol. The Morgan fingerprint density at radius 1 is 1.20 bits per heavy atom. The number of nitrogens with one attached hydrogen (secondary N) is 1. The molecule has 0 saturated heterocycles. The molecule has 0 atom stereocenters. The molecule has 0 saturated carbocycles. The third-order valence-corrected chi connectivity index (χ3v) is 3.64. The number of halogens is 2. The molecule has 1 N–H and O–H groups in total. The normalized spacial score (nSPS) is 10.7. The summed E-state index contributed by atoms with van der Waals surface area (Å²) in [5.41, 5.74) is 2.72. The fourth-order valence-electron chi connectivity index (χ4n) is 2.09. The molecular formula is C15H17Cl2N3. The number of hydrogen-bond acceptors (Lipinski definition) is 3. The number of benzene rings is 1. The molecule has 3 nitrogen and oxygen atoms in total. The minimum absolute atomic E-state index is 0.601. The van der Waals surface area contributed by atoms with Gasteiger partial charge in [-0.1, -0.05) is 30.1 Å². The van der Waals surface area contributed by atoms with Crippen molar-refractivity contribution in [2.45, 2.75) is 26.7 Å². The topological polar surface area (TPSA) is 37.8 Å². The van der Waals surface area contributed by atoms with Gasteiger partial charge in [0.1, 0.15) is 11.6 Å². The van der Waals surface area contributed by atoms with Gasteiger partial charge in [0.15, 0.2) is 0 Å². The SMILES string of the molecule is CCCc1nc(NC)c(C)c(-c2ccc(Cl)cc2Cl)n1. The summed E-state index contributed by atoms with van der Waals surface area (Å²) in [4.78, 5) is 9.18. The van der Waals surface area contributed by atoms with E-state index in [9.17, 15) is 0 Å². The molecule has 5 heteroatoms. The molecule has 106 valence electrons. The van der Waals surface area contributed by atoms with Crippen LogP contribution in [0.3, 0.4) is 0 Å². The van der Waals surface area contributed by atoms with E-state index in [1.54, 1.807) is 6.07 Å². The van der Waals surface area contributed by atoms with Crippen LogP contribution in [0.5, 0.6) is 0 Å². The van der Waals surface area contributed by atoms with Crippen LogP contribution in [0.1, 0.15) is 24.7 Å². The highest BCUT2D eigenvalue weighted by Crippen LogP contribution is 2.33. The van der Waals surface area contributed by atoms with Crippen molar-refractivity contribution in [1.82, 2.24) is 9.97 Å². The highest BCUT2D eigenvalue weighted by molar-refractivity contribution is 6.36. The summed E-state index contributed by atoms with van der Waals surface area (Å²) >= 11 is 12.2. The smallest absolute Gasteiger partial charge is 0.132 e. The highest BCUT2D eigenvalue weighted by atomic mass is 35.5. The largest absolute Gasteiger partial charge is 0.373 e. The Hall–Kier alpha value is -1.32. The van der Waals surface area contributed by atoms with Crippen LogP contribution in [0.2, 0.25) is 10.0 Å². The number of aryl methyl sites for hydroxylation is 1. The molecule has 2 aromatic rings. The van der Waals surface area contributed by atoms with Crippen molar-refractivity contribution in [3.8, 4) is 11.3 Å². The van der Waals surface area contributed by atoms with Crippen molar-refractivity contribution >= 4 is 29.0 Å². The minimum Gasteiger partial charge on any atom is -0.373 e. The van der Waals surface area contributed by atoms with Crippen molar-refractivity contribution in [1.29, 1.82) is 0 Å². The second kappa shape index (κ2) is 6.42. The monoisotopic (exact) mass is 309 g/mol. The third kappa shape index (κ3) is 3.05. The Balaban J connectivity index is 2.62. The molecule has 0 amide bonds. The quantitative estimate of drug-likeness (QED) is 0.885. The van der Waals surface area contributed by atoms with Crippen LogP contribution >= 0.6 is 23.2 Å². The van der Waals surface area contributed by atoms with Crippen LogP contribution in [0.15, 0.2) is 18.2 Å². The average molecular weight is 310 g/mol. The lowest BCUT2D eigenvalue weighted by molar-refractivity contribution is 0.834. The molecule has 0 bridgehead atoms. The summed E-state index contributed by atoms with van der Waals surface area (Å²) in [6.45, 7) is 4.10. The fourth-order valence-corrected chi connectivity index (χ4v) is 2.58. The molecule has 0 aliphatic rings. The zero-order valence-corrected chi connectivity index (χ0v) is 13.3. The minimum atomic E-state index is 0.601. The molecule has 1 aromatic heterocycles. The summed E-state index contributed by atoms with van der Waals surface area (Å²) in [6.07, 6.45) is 1.84. The number of rotatable bonds is 4. The van der Waals surface area contributed by atoms with E-state index in [-0.39, 0.29) is 0 Å². The first kappa shape index (κ1) is 15.1. The van der Waals surface area contributed by atoms with Crippen molar-refractivity contribution in [2.24, 2.45) is 0 Å². The molecule has 0 unspecified atom stereocenters. The van der Waals surface area contributed by atoms with Crippen LogP contribution in [0.4, 0.5) is 5.82 Å². The average Bonchev–Trinajstić information content (AvgIpc) is 2.41. The maximum Gasteiger partial charge on any atom is 0.132 e. The first-order valence-corrected chi connectivity index (χ1v) is 7.33. The third-order valence-electron chi connectivity index (χ3n) is 3.09. The molecule has 0 aliphatic carbocycles. The first-order chi connectivity index (χ1) is 9.56. The van der Waals surface area contributed by atoms with Gasteiger partial charge in [-0.3, -0.25) is 0 Å². The standard InChI is InChI=1S/C15H17Cl2N3/c1-4-5-13-19-14(9(2)15(18-3)20-13)11-7-6-10(16)8-12(11)17/h6-8H,4-5H2,1-3H3,(H,18,19,20). The summed E-state index contributed by atoms with van der Waals surface area (Å²) in [7, 11) is 1.86. The van der Waals surface area contributed by atoms with Gasteiger partial charge in [0.25, 0.3) is 0 Å². The van der Waals surface area contributed by atoms with E-state index < -0.39 is 0 Å². The van der Waals surface area contributed by atoms with Gasteiger partial charge in [-0.15, -0.1) is 0 Å². The number of anilines is 1. The number of hydrogen-bond donors (Lipinski definition) is 1. The second-order valence-corrected chi connectivity index (χ2v) is 5.43. The maximum atomic E-state index is 6.30. The Kier molecular flexibility index (Phi) is 4.84. The Labute approximate surface area is 129 Å². The summed E-state index contributed by atoms with van der Waals surface area (Å²) in [6, 6.07) is 5.45. The maximum absolute atomic E-state index is 6.30. The zero-order chi connectivity index (χ0) is 14.7. The van der Waals surface area contributed by atoms with Gasteiger partial charge < -0.3 is 5.32 Å². The van der Waals surface area contributed by atoms with E-state index >= 15 is 0 Å². The van der Waals surface area contributed by atoms with Gasteiger partial charge >= 0.3 is 0 Å². The number of aromatic nitrogens is 2. The lowest BCUT2D eigenvalue weighted by Crippen LogP contribution is -2.05. The van der Waals surface area contributed by atoms with Crippen molar-refractivity contribution < 1.29 is 0 Å². The molecule has 2 rings (SSSR count). The van der Waals surface area contributed by atoms with Gasteiger partial charge in [0.05, 0.1) is 10.7 Å². The van der Waals surface area contributed by atoms with Crippen LogP contribution in [-0.4, -0.2) is 17.0 Å². The van der Waals surface area contributed by atoms with E-state index in [2.05, 4.69) is 22.2 Å². The van der Waals surface area contributed by atoms with E-state index in [1.165, 1.54) is 0 Å². The van der Waals surface area contributed by atoms with Gasteiger partial charge in [-0.2, -0.15) is 0 Å². The van der Waals surface area contributed by atoms with Crippen molar-refractivity contribution in [3.63, 3.8) is 0 Å². The highest BCUT2D eigenvalue weighted by Gasteiger charge is 2.14. The van der Waals surface area contributed by atoms with E-state index in [0.29, 0.717) is 10.0 Å². The molecule has 1 heterocycles. The Morgan fingerprint density at radius 2 is 1.95 bits per heavy atom. The summed E-state index contributed by atoms with van der Waals surface area (Å²) in [5.74, 6) is 1.66. The first-order valence-electron chi connectivity index (χ1n) is 6.57. The molecule has 0 fully saturated rings. The van der Waals surface area contributed by atoms with Crippen LogP contribution in [0, 0.1) is 6.92 Å². The fraction of sp³-hybridized carbons (Fsp3) is 0.333. The molecule has 1 aromatic carbocycles. The molecule has 0 spiro atoms. The lowest BCUT2D eigenvalue weighted by atomic mass is 10.1. The molecule has 0 aliphatic heterocycles. The van der Waals surface area contributed by atoms with E-state index in [4.69, 9.17) is 23.2 Å². The van der Waals surface area contributed by atoms with E-state index in [1.807, 2.05) is 26.1 Å². The van der Waals surface area contributed by atoms with Crippen LogP contribution < -0.4 is 5.32 Å². The van der Waals surface area contributed by atoms with Gasteiger partial charge in [-0.05, 0) is 31.5 Å². The van der Waals surface area contributed by atoms with Gasteiger partial charge in [0.2, 0.25) is 0 Å². The van der Waals surface area contributed by atoms with Gasteiger partial charge in [0, 0.05) is 29.6 Å². The zero-order valence-electron chi connectivity index (χ0n) is 11.8.